The zero-order valence-corrected chi connectivity index (χ0v) is 25.0. The highest BCUT2D eigenvalue weighted by atomic mass is 35.5. The minimum absolute atomic E-state index is 0.0158. The molecule has 2 heterocycles. The Bertz CT molecular complexity index is 1670. The van der Waals surface area contributed by atoms with Crippen LogP contribution in [-0.4, -0.2) is 75.0 Å². The Labute approximate surface area is 259 Å². The molecule has 12 heteroatoms. The maximum Gasteiger partial charge on any atom is 0.317 e. The summed E-state index contributed by atoms with van der Waals surface area (Å²) in [5.74, 6) is -0.964. The molecule has 0 bridgehead atoms. The van der Waals surface area contributed by atoms with Crippen LogP contribution in [0.2, 0.25) is 5.02 Å². The maximum absolute atomic E-state index is 13.0. The highest BCUT2D eigenvalue weighted by molar-refractivity contribution is 6.33. The number of hydrogen-bond donors (Lipinski definition) is 5. The van der Waals surface area contributed by atoms with Crippen LogP contribution in [0.15, 0.2) is 73.1 Å². The highest BCUT2D eigenvalue weighted by Crippen LogP contribution is 2.32. The maximum atomic E-state index is 13.0. The molecule has 2 aromatic heterocycles. The molecule has 0 unspecified atom stereocenters. The first-order valence-corrected chi connectivity index (χ1v) is 14.8. The Morgan fingerprint density at radius 1 is 1.11 bits per heavy atom. The van der Waals surface area contributed by atoms with Crippen LogP contribution in [0.1, 0.15) is 36.0 Å². The van der Waals surface area contributed by atoms with Gasteiger partial charge >= 0.3 is 5.97 Å². The molecule has 2 aromatic carbocycles. The van der Waals surface area contributed by atoms with Gasteiger partial charge in [-0.15, -0.1) is 0 Å². The number of H-pyrrole nitrogens is 1. The van der Waals surface area contributed by atoms with Gasteiger partial charge in [-0.05, 0) is 63.1 Å². The van der Waals surface area contributed by atoms with Crippen molar-refractivity contribution in [3.63, 3.8) is 0 Å². The van der Waals surface area contributed by atoms with Gasteiger partial charge in [-0.2, -0.15) is 0 Å². The average molecular weight is 616 g/mol. The molecular formula is C32H34ClN7O4. The van der Waals surface area contributed by atoms with Crippen molar-refractivity contribution in [3.8, 4) is 11.3 Å². The van der Waals surface area contributed by atoms with E-state index in [-0.39, 0.29) is 30.4 Å². The number of hydrogen-bond acceptors (Lipinski definition) is 7. The zero-order chi connectivity index (χ0) is 31.1. The van der Waals surface area contributed by atoms with Crippen molar-refractivity contribution in [2.75, 3.05) is 30.8 Å². The third-order valence-electron chi connectivity index (χ3n) is 7.44. The first-order valence-electron chi connectivity index (χ1n) is 14.4. The number of amides is 2. The molecule has 4 aromatic rings. The normalized spacial score (nSPS) is 16.7. The van der Waals surface area contributed by atoms with Gasteiger partial charge in [0.2, 0.25) is 11.9 Å². The molecule has 1 aliphatic carbocycles. The molecule has 0 spiro atoms. The first kappa shape index (κ1) is 30.7. The van der Waals surface area contributed by atoms with E-state index < -0.39 is 5.97 Å². The molecule has 44 heavy (non-hydrogen) atoms. The molecule has 11 nitrogen and oxygen atoms in total. The number of anilines is 2. The predicted octanol–water partition coefficient (Wildman–Crippen LogP) is 4.94. The third-order valence-corrected chi connectivity index (χ3v) is 7.71. The van der Waals surface area contributed by atoms with Crippen LogP contribution in [-0.2, 0) is 9.59 Å². The van der Waals surface area contributed by atoms with Crippen LogP contribution in [0.3, 0.4) is 0 Å². The summed E-state index contributed by atoms with van der Waals surface area (Å²) in [6, 6.07) is 14.7. The third kappa shape index (κ3) is 8.00. The van der Waals surface area contributed by atoms with Crippen molar-refractivity contribution in [3.05, 3.63) is 83.7 Å². The molecule has 1 fully saturated rings. The summed E-state index contributed by atoms with van der Waals surface area (Å²) in [6.07, 6.45) is 9.92. The fraction of sp³-hybridized carbons (Fsp3) is 0.281. The number of carbonyl (C=O) groups is 3. The van der Waals surface area contributed by atoms with E-state index in [4.69, 9.17) is 21.7 Å². The van der Waals surface area contributed by atoms with E-state index >= 15 is 0 Å². The van der Waals surface area contributed by atoms with E-state index in [9.17, 15) is 14.4 Å². The molecular weight excluding hydrogens is 582 g/mol. The summed E-state index contributed by atoms with van der Waals surface area (Å²) in [5.41, 5.74) is 3.61. The van der Waals surface area contributed by atoms with Crippen molar-refractivity contribution in [2.24, 2.45) is 0 Å². The molecule has 0 aliphatic heterocycles. The van der Waals surface area contributed by atoms with E-state index in [1.54, 1.807) is 48.5 Å². The Balaban J connectivity index is 1.13. The number of para-hydroxylation sites is 1. The second kappa shape index (κ2) is 14.2. The highest BCUT2D eigenvalue weighted by Gasteiger charge is 2.25. The van der Waals surface area contributed by atoms with E-state index in [1.807, 2.05) is 30.5 Å². The summed E-state index contributed by atoms with van der Waals surface area (Å²) in [6.45, 7) is 0.215. The van der Waals surface area contributed by atoms with Crippen molar-refractivity contribution in [2.45, 2.75) is 37.8 Å². The Morgan fingerprint density at radius 2 is 1.89 bits per heavy atom. The Morgan fingerprint density at radius 3 is 2.68 bits per heavy atom. The van der Waals surface area contributed by atoms with Crippen LogP contribution < -0.4 is 16.0 Å². The van der Waals surface area contributed by atoms with Gasteiger partial charge < -0.3 is 26.0 Å². The number of benzene rings is 2. The van der Waals surface area contributed by atoms with E-state index in [0.717, 1.165) is 42.1 Å². The van der Waals surface area contributed by atoms with Gasteiger partial charge in [-0.3, -0.25) is 19.3 Å². The van der Waals surface area contributed by atoms with Crippen molar-refractivity contribution in [1.82, 2.24) is 25.2 Å². The summed E-state index contributed by atoms with van der Waals surface area (Å²) < 4.78 is 0. The smallest absolute Gasteiger partial charge is 0.317 e. The van der Waals surface area contributed by atoms with E-state index in [1.165, 1.54) is 6.08 Å². The number of aromatic amines is 1. The lowest BCUT2D eigenvalue weighted by atomic mass is 9.91. The molecule has 0 saturated heterocycles. The van der Waals surface area contributed by atoms with Crippen LogP contribution in [0, 0.1) is 0 Å². The number of nitrogens with zero attached hydrogens (tertiary/aromatic N) is 3. The van der Waals surface area contributed by atoms with E-state index in [0.29, 0.717) is 34.5 Å². The number of carbonyl (C=O) groups excluding carboxylic acids is 2. The molecule has 1 aliphatic rings. The largest absolute Gasteiger partial charge is 0.480 e. The Hall–Kier alpha value is -4.74. The van der Waals surface area contributed by atoms with Gasteiger partial charge in [-0.1, -0.05) is 35.9 Å². The van der Waals surface area contributed by atoms with Crippen molar-refractivity contribution in [1.29, 1.82) is 0 Å². The summed E-state index contributed by atoms with van der Waals surface area (Å²) in [5, 5.41) is 19.6. The van der Waals surface area contributed by atoms with Gasteiger partial charge in [0.1, 0.15) is 0 Å². The molecule has 5 N–H and O–H groups in total. The average Bonchev–Trinajstić information content (AvgIpc) is 3.42. The van der Waals surface area contributed by atoms with Crippen LogP contribution >= 0.6 is 11.6 Å². The lowest BCUT2D eigenvalue weighted by Crippen LogP contribution is -2.42. The van der Waals surface area contributed by atoms with Crippen molar-refractivity contribution >= 4 is 51.9 Å². The topological polar surface area (TPSA) is 152 Å². The molecule has 2 atom stereocenters. The number of aliphatic carboxylic acids is 1. The van der Waals surface area contributed by atoms with Crippen molar-refractivity contribution < 1.29 is 19.5 Å². The predicted molar refractivity (Wildman–Crippen MR) is 171 cm³/mol. The monoisotopic (exact) mass is 615 g/mol. The second-order valence-electron chi connectivity index (χ2n) is 10.9. The number of aromatic nitrogens is 3. The van der Waals surface area contributed by atoms with Crippen LogP contribution in [0.25, 0.3) is 22.2 Å². The lowest BCUT2D eigenvalue weighted by Gasteiger charge is -2.30. The standard InChI is InChI=1S/C32H34ClN7O4/c1-40(19-29(42)43)15-5-10-28(41)36-21-13-11-20(12-14-21)31(44)37-22-6-4-7-23(16-22)38-32-35-18-26(33)30(39-32)25-17-34-27-9-3-2-8-24(25)27/h2-3,5,8-14,17-18,22-23,34H,4,6-7,15-16,19H2,1H3,(H,36,41)(H,37,44)(H,42,43)(H,35,38,39)/t22-,23+/m0/s1. The number of carboxylic acid groups (broad SMARTS) is 1. The fourth-order valence-corrected chi connectivity index (χ4v) is 5.51. The zero-order valence-electron chi connectivity index (χ0n) is 24.2. The fourth-order valence-electron chi connectivity index (χ4n) is 5.32. The molecule has 2 amide bonds. The first-order chi connectivity index (χ1) is 21.2. The summed E-state index contributed by atoms with van der Waals surface area (Å²) in [4.78, 5) is 49.9. The van der Waals surface area contributed by atoms with Gasteiger partial charge in [-0.25, -0.2) is 9.97 Å². The minimum Gasteiger partial charge on any atom is -0.480 e. The molecule has 1 saturated carbocycles. The minimum atomic E-state index is -0.932. The van der Waals surface area contributed by atoms with Gasteiger partial charge in [0.05, 0.1) is 23.5 Å². The SMILES string of the molecule is CN(CC=CC(=O)Nc1ccc(C(=O)N[C@H]2CCC[C@@H](Nc3ncc(Cl)c(-c4c[nH]c5ccccc45)n3)C2)cc1)CC(=O)O. The van der Waals surface area contributed by atoms with Crippen LogP contribution in [0.4, 0.5) is 11.6 Å². The lowest BCUT2D eigenvalue weighted by molar-refractivity contribution is -0.137. The number of fused-ring (bicyclic) bond motifs is 1. The van der Waals surface area contributed by atoms with Gasteiger partial charge in [0.15, 0.2) is 0 Å². The molecule has 228 valence electrons. The summed E-state index contributed by atoms with van der Waals surface area (Å²) in [7, 11) is 1.65. The molecule has 0 radical (unpaired) electrons. The number of rotatable bonds is 11. The number of nitrogens with one attached hydrogen (secondary N) is 4. The van der Waals surface area contributed by atoms with Gasteiger partial charge in [0.25, 0.3) is 5.91 Å². The quantitative estimate of drug-likeness (QED) is 0.149. The second-order valence-corrected chi connectivity index (χ2v) is 11.3. The van der Waals surface area contributed by atoms with E-state index in [2.05, 4.69) is 25.9 Å². The number of carboxylic acids is 1. The number of likely N-dealkylation sites (N-methyl/N-ethyl adjacent to an activating group) is 1. The summed E-state index contributed by atoms with van der Waals surface area (Å²) >= 11 is 6.49. The van der Waals surface area contributed by atoms with Crippen LogP contribution in [0.5, 0.6) is 0 Å². The molecule has 5 rings (SSSR count). The number of halogens is 1. The van der Waals surface area contributed by atoms with Gasteiger partial charge in [0, 0.05) is 58.6 Å². The Kier molecular flexibility index (Phi) is 9.88.